The van der Waals surface area contributed by atoms with Gasteiger partial charge in [-0.3, -0.25) is 19.3 Å². The topological polar surface area (TPSA) is 84.0 Å². The Labute approximate surface area is 180 Å². The van der Waals surface area contributed by atoms with E-state index in [2.05, 4.69) is 0 Å². The molecule has 0 unspecified atom stereocenters. The summed E-state index contributed by atoms with van der Waals surface area (Å²) in [4.78, 5) is 53.8. The zero-order valence-electron chi connectivity index (χ0n) is 17.5. The van der Waals surface area contributed by atoms with Crippen molar-refractivity contribution >= 4 is 23.7 Å². The Bertz CT molecular complexity index is 1000. The third-order valence-corrected chi connectivity index (χ3v) is 6.09. The fourth-order valence-corrected chi connectivity index (χ4v) is 4.26. The number of fused-ring (bicyclic) bond motifs is 1. The molecule has 160 valence electrons. The van der Waals surface area contributed by atoms with Crippen LogP contribution in [0.4, 0.5) is 4.79 Å². The molecule has 0 N–H and O–H groups in total. The summed E-state index contributed by atoms with van der Waals surface area (Å²) in [6.07, 6.45) is -0.511. The Morgan fingerprint density at radius 2 is 1.52 bits per heavy atom. The molecule has 2 aliphatic rings. The van der Waals surface area contributed by atoms with Crippen LogP contribution in [0, 0.1) is 11.8 Å². The molecule has 0 spiro atoms. The van der Waals surface area contributed by atoms with Gasteiger partial charge in [0.25, 0.3) is 11.8 Å². The number of Topliss-reactive ketones (excluding diaryl/α,β-unsaturated/α-hetero) is 1. The number of imide groups is 1. The summed E-state index contributed by atoms with van der Waals surface area (Å²) in [6.45, 7) is 3.83. The first-order chi connectivity index (χ1) is 14.9. The Hall–Kier alpha value is -3.48. The molecule has 0 radical (unpaired) electrons. The maximum atomic E-state index is 12.9. The van der Waals surface area contributed by atoms with E-state index in [-0.39, 0.29) is 25.5 Å². The van der Waals surface area contributed by atoms with Crippen molar-refractivity contribution in [3.8, 4) is 0 Å². The first-order valence-electron chi connectivity index (χ1n) is 10.3. The van der Waals surface area contributed by atoms with E-state index in [0.29, 0.717) is 11.1 Å². The van der Waals surface area contributed by atoms with Gasteiger partial charge < -0.3 is 9.64 Å². The molecule has 7 nitrogen and oxygen atoms in total. The minimum atomic E-state index is -0.671. The van der Waals surface area contributed by atoms with Crippen molar-refractivity contribution in [3.63, 3.8) is 0 Å². The number of hydrogen-bond donors (Lipinski definition) is 0. The number of ether oxygens (including phenoxy) is 1. The summed E-state index contributed by atoms with van der Waals surface area (Å²) in [5.41, 5.74) is 1.55. The fourth-order valence-electron chi connectivity index (χ4n) is 4.26. The van der Waals surface area contributed by atoms with Gasteiger partial charge in [0.1, 0.15) is 12.4 Å². The SMILES string of the molecule is C[C@H]1CN(C(=O)OCc2ccccc2)[C@@H](C)[C@@H](CN2C(=O)c3ccccc3C2=O)C1=O. The smallest absolute Gasteiger partial charge is 0.410 e. The van der Waals surface area contributed by atoms with Crippen molar-refractivity contribution in [1.82, 2.24) is 9.80 Å². The van der Waals surface area contributed by atoms with Crippen LogP contribution in [0.3, 0.4) is 0 Å². The van der Waals surface area contributed by atoms with Crippen LogP contribution in [0.25, 0.3) is 0 Å². The number of benzene rings is 2. The summed E-state index contributed by atoms with van der Waals surface area (Å²) < 4.78 is 5.46. The first kappa shape index (κ1) is 20.8. The Kier molecular flexibility index (Phi) is 5.59. The van der Waals surface area contributed by atoms with E-state index in [4.69, 9.17) is 4.74 Å². The molecule has 0 aromatic heterocycles. The van der Waals surface area contributed by atoms with Crippen LogP contribution in [-0.2, 0) is 16.1 Å². The van der Waals surface area contributed by atoms with E-state index in [1.165, 1.54) is 4.90 Å². The number of piperidine rings is 1. The molecule has 2 heterocycles. The van der Waals surface area contributed by atoms with Gasteiger partial charge in [0.15, 0.2) is 0 Å². The van der Waals surface area contributed by atoms with Crippen LogP contribution >= 0.6 is 0 Å². The number of ketones is 1. The molecular formula is C24H24N2O5. The van der Waals surface area contributed by atoms with Crippen LogP contribution in [0.2, 0.25) is 0 Å². The van der Waals surface area contributed by atoms with Crippen molar-refractivity contribution in [3.05, 3.63) is 71.3 Å². The zero-order chi connectivity index (χ0) is 22.1. The van der Waals surface area contributed by atoms with E-state index >= 15 is 0 Å². The van der Waals surface area contributed by atoms with Gasteiger partial charge in [0, 0.05) is 25.0 Å². The van der Waals surface area contributed by atoms with Crippen LogP contribution in [0.15, 0.2) is 54.6 Å². The molecule has 0 saturated carbocycles. The first-order valence-corrected chi connectivity index (χ1v) is 10.3. The molecule has 0 aliphatic carbocycles. The summed E-state index contributed by atoms with van der Waals surface area (Å²) in [5, 5.41) is 0. The third-order valence-electron chi connectivity index (χ3n) is 6.09. The van der Waals surface area contributed by atoms with Crippen LogP contribution in [-0.4, -0.2) is 52.6 Å². The molecule has 4 rings (SSSR count). The Balaban J connectivity index is 1.49. The standard InChI is InChI=1S/C24H24N2O5/c1-15-12-25(24(30)31-14-17-8-4-3-5-9-17)16(2)20(21(15)27)13-26-22(28)18-10-6-7-11-19(18)23(26)29/h3-11,15-16,20H,12-14H2,1-2H3/t15-,16-,20+/m0/s1. The van der Waals surface area contributed by atoms with Gasteiger partial charge in [-0.1, -0.05) is 49.4 Å². The highest BCUT2D eigenvalue weighted by molar-refractivity contribution is 6.21. The summed E-state index contributed by atoms with van der Waals surface area (Å²) in [5.74, 6) is -1.96. The van der Waals surface area contributed by atoms with Crippen LogP contribution in [0.5, 0.6) is 0 Å². The highest BCUT2D eigenvalue weighted by Crippen LogP contribution is 2.30. The highest BCUT2D eigenvalue weighted by Gasteiger charge is 2.45. The summed E-state index contributed by atoms with van der Waals surface area (Å²) in [7, 11) is 0. The monoisotopic (exact) mass is 420 g/mol. The van der Waals surface area contributed by atoms with Gasteiger partial charge in [-0.15, -0.1) is 0 Å². The van der Waals surface area contributed by atoms with Crippen LogP contribution < -0.4 is 0 Å². The lowest BCUT2D eigenvalue weighted by Gasteiger charge is -2.41. The molecular weight excluding hydrogens is 396 g/mol. The van der Waals surface area contributed by atoms with Gasteiger partial charge in [0.05, 0.1) is 17.0 Å². The number of hydrogen-bond acceptors (Lipinski definition) is 5. The number of rotatable bonds is 4. The van der Waals surface area contributed by atoms with Crippen molar-refractivity contribution in [2.45, 2.75) is 26.5 Å². The number of carbonyl (C=O) groups is 4. The van der Waals surface area contributed by atoms with Gasteiger partial charge in [-0.05, 0) is 24.6 Å². The zero-order valence-corrected chi connectivity index (χ0v) is 17.5. The summed E-state index contributed by atoms with van der Waals surface area (Å²) >= 11 is 0. The van der Waals surface area contributed by atoms with E-state index < -0.39 is 35.8 Å². The normalized spacial score (nSPS) is 23.2. The second kappa shape index (κ2) is 8.34. The molecule has 0 bridgehead atoms. The minimum absolute atomic E-state index is 0.0564. The van der Waals surface area contributed by atoms with Gasteiger partial charge in [-0.2, -0.15) is 0 Å². The second-order valence-corrected chi connectivity index (χ2v) is 8.11. The average molecular weight is 420 g/mol. The minimum Gasteiger partial charge on any atom is -0.445 e. The quantitative estimate of drug-likeness (QED) is 0.710. The van der Waals surface area contributed by atoms with E-state index in [0.717, 1.165) is 10.5 Å². The third kappa shape index (κ3) is 3.83. The number of amides is 3. The van der Waals surface area contributed by atoms with E-state index in [1.807, 2.05) is 30.3 Å². The molecule has 7 heteroatoms. The molecule has 2 aliphatic heterocycles. The highest BCUT2D eigenvalue weighted by atomic mass is 16.6. The lowest BCUT2D eigenvalue weighted by molar-refractivity contribution is -0.132. The number of carbonyl (C=O) groups excluding carboxylic acids is 4. The molecule has 1 saturated heterocycles. The molecule has 1 fully saturated rings. The molecule has 31 heavy (non-hydrogen) atoms. The lowest BCUT2D eigenvalue weighted by Crippen LogP contribution is -2.57. The number of likely N-dealkylation sites (tertiary alicyclic amines) is 1. The maximum Gasteiger partial charge on any atom is 0.410 e. The predicted molar refractivity (Wildman–Crippen MR) is 112 cm³/mol. The molecule has 2 aromatic rings. The second-order valence-electron chi connectivity index (χ2n) is 8.11. The van der Waals surface area contributed by atoms with E-state index in [1.54, 1.807) is 38.1 Å². The molecule has 3 amide bonds. The van der Waals surface area contributed by atoms with Crippen LogP contribution in [0.1, 0.15) is 40.1 Å². The predicted octanol–water partition coefficient (Wildman–Crippen LogP) is 3.14. The van der Waals surface area contributed by atoms with Gasteiger partial charge in [-0.25, -0.2) is 4.79 Å². The van der Waals surface area contributed by atoms with Gasteiger partial charge in [0.2, 0.25) is 0 Å². The van der Waals surface area contributed by atoms with Crippen molar-refractivity contribution in [2.75, 3.05) is 13.1 Å². The molecule has 2 aromatic carbocycles. The van der Waals surface area contributed by atoms with Gasteiger partial charge >= 0.3 is 6.09 Å². The Morgan fingerprint density at radius 3 is 2.13 bits per heavy atom. The van der Waals surface area contributed by atoms with Crippen molar-refractivity contribution < 1.29 is 23.9 Å². The fraction of sp³-hybridized carbons (Fsp3) is 0.333. The van der Waals surface area contributed by atoms with E-state index in [9.17, 15) is 19.2 Å². The number of nitrogens with zero attached hydrogens (tertiary/aromatic N) is 2. The largest absolute Gasteiger partial charge is 0.445 e. The maximum absolute atomic E-state index is 12.9. The molecule has 3 atom stereocenters. The Morgan fingerprint density at radius 1 is 0.935 bits per heavy atom. The average Bonchev–Trinajstić information content (AvgIpc) is 3.03. The van der Waals surface area contributed by atoms with Crippen molar-refractivity contribution in [1.29, 1.82) is 0 Å². The lowest BCUT2D eigenvalue weighted by atomic mass is 9.83. The summed E-state index contributed by atoms with van der Waals surface area (Å²) in [6, 6.07) is 15.5. The van der Waals surface area contributed by atoms with Crippen molar-refractivity contribution in [2.24, 2.45) is 11.8 Å².